The minimum Gasteiger partial charge on any atom is -0.444 e. The van der Waals surface area contributed by atoms with E-state index in [2.05, 4.69) is 0 Å². The number of rotatable bonds is 1. The van der Waals surface area contributed by atoms with E-state index in [9.17, 15) is 4.79 Å². The Morgan fingerprint density at radius 2 is 1.89 bits per heavy atom. The summed E-state index contributed by atoms with van der Waals surface area (Å²) in [6.07, 6.45) is 6.66. The summed E-state index contributed by atoms with van der Waals surface area (Å²) in [6, 6.07) is 0.550. The number of piperidine rings is 1. The van der Waals surface area contributed by atoms with Gasteiger partial charge < -0.3 is 15.4 Å². The molecule has 1 saturated heterocycles. The van der Waals surface area contributed by atoms with Crippen LogP contribution in [0.3, 0.4) is 0 Å². The van der Waals surface area contributed by atoms with Crippen LogP contribution in [-0.2, 0) is 4.74 Å². The van der Waals surface area contributed by atoms with E-state index in [0.717, 1.165) is 32.2 Å². The van der Waals surface area contributed by atoms with Gasteiger partial charge in [-0.1, -0.05) is 6.42 Å². The minimum atomic E-state index is -0.420. The van der Waals surface area contributed by atoms with Crippen molar-refractivity contribution in [3.8, 4) is 0 Å². The number of ether oxygens (including phenoxy) is 1. The van der Waals surface area contributed by atoms with Crippen molar-refractivity contribution < 1.29 is 9.53 Å². The standard InChI is InChI=1S/C15H28N2O2/c1-15(2,3)19-14(18)17-10-5-4-9-13(17)11-7-6-8-12(11)16/h11-13H,4-10,16H2,1-3H3. The van der Waals surface area contributed by atoms with Gasteiger partial charge in [0.25, 0.3) is 0 Å². The van der Waals surface area contributed by atoms with Gasteiger partial charge in [0.1, 0.15) is 5.60 Å². The van der Waals surface area contributed by atoms with Crippen molar-refractivity contribution in [3.63, 3.8) is 0 Å². The Balaban J connectivity index is 2.05. The van der Waals surface area contributed by atoms with Gasteiger partial charge in [-0.15, -0.1) is 0 Å². The van der Waals surface area contributed by atoms with Gasteiger partial charge in [0.05, 0.1) is 0 Å². The van der Waals surface area contributed by atoms with Crippen LogP contribution in [0.1, 0.15) is 59.3 Å². The Bertz CT molecular complexity index is 325. The summed E-state index contributed by atoms with van der Waals surface area (Å²) in [5.74, 6) is 0.466. The molecule has 1 amide bonds. The first-order valence-corrected chi connectivity index (χ1v) is 7.64. The molecule has 2 aliphatic rings. The second-order valence-electron chi connectivity index (χ2n) is 7.00. The zero-order valence-corrected chi connectivity index (χ0v) is 12.5. The molecule has 110 valence electrons. The normalized spacial score (nSPS) is 32.4. The Kier molecular flexibility index (Phi) is 4.39. The molecule has 19 heavy (non-hydrogen) atoms. The first-order chi connectivity index (χ1) is 8.88. The maximum Gasteiger partial charge on any atom is 0.410 e. The van der Waals surface area contributed by atoms with Gasteiger partial charge >= 0.3 is 6.09 Å². The Labute approximate surface area is 116 Å². The number of nitrogens with two attached hydrogens (primary N) is 1. The Hall–Kier alpha value is -0.770. The smallest absolute Gasteiger partial charge is 0.410 e. The fraction of sp³-hybridized carbons (Fsp3) is 0.933. The van der Waals surface area contributed by atoms with E-state index in [0.29, 0.717) is 12.0 Å². The van der Waals surface area contributed by atoms with Gasteiger partial charge in [-0.2, -0.15) is 0 Å². The van der Waals surface area contributed by atoms with E-state index in [1.807, 2.05) is 25.7 Å². The van der Waals surface area contributed by atoms with Crippen LogP contribution in [0, 0.1) is 5.92 Å². The third kappa shape index (κ3) is 3.62. The molecule has 2 N–H and O–H groups in total. The lowest BCUT2D eigenvalue weighted by atomic mass is 9.87. The Morgan fingerprint density at radius 1 is 1.16 bits per heavy atom. The molecule has 0 aromatic rings. The van der Waals surface area contributed by atoms with Crippen LogP contribution in [0.15, 0.2) is 0 Å². The summed E-state index contributed by atoms with van der Waals surface area (Å²) in [5.41, 5.74) is 5.80. The van der Waals surface area contributed by atoms with E-state index in [4.69, 9.17) is 10.5 Å². The number of likely N-dealkylation sites (tertiary alicyclic amines) is 1. The van der Waals surface area contributed by atoms with E-state index in [1.54, 1.807) is 0 Å². The quantitative estimate of drug-likeness (QED) is 0.795. The van der Waals surface area contributed by atoms with Crippen molar-refractivity contribution in [2.75, 3.05) is 6.54 Å². The first-order valence-electron chi connectivity index (χ1n) is 7.64. The van der Waals surface area contributed by atoms with Crippen LogP contribution < -0.4 is 5.73 Å². The maximum atomic E-state index is 12.4. The van der Waals surface area contributed by atoms with Gasteiger partial charge in [-0.3, -0.25) is 0 Å². The van der Waals surface area contributed by atoms with Crippen LogP contribution in [-0.4, -0.2) is 35.2 Å². The van der Waals surface area contributed by atoms with E-state index in [1.165, 1.54) is 12.8 Å². The summed E-state index contributed by atoms with van der Waals surface area (Å²) < 4.78 is 5.55. The minimum absolute atomic E-state index is 0.156. The Morgan fingerprint density at radius 3 is 2.47 bits per heavy atom. The van der Waals surface area contributed by atoms with Gasteiger partial charge in [0.15, 0.2) is 0 Å². The monoisotopic (exact) mass is 268 g/mol. The highest BCUT2D eigenvalue weighted by Crippen LogP contribution is 2.34. The molecule has 4 heteroatoms. The van der Waals surface area contributed by atoms with Crippen molar-refractivity contribution in [1.29, 1.82) is 0 Å². The summed E-state index contributed by atoms with van der Waals surface area (Å²) in [5, 5.41) is 0. The maximum absolute atomic E-state index is 12.4. The van der Waals surface area contributed by atoms with Crippen LogP contribution >= 0.6 is 0 Å². The number of nitrogens with zero attached hydrogens (tertiary/aromatic N) is 1. The molecule has 2 rings (SSSR count). The van der Waals surface area contributed by atoms with Crippen LogP contribution in [0.5, 0.6) is 0 Å². The molecule has 0 bridgehead atoms. The molecule has 3 atom stereocenters. The van der Waals surface area contributed by atoms with Gasteiger partial charge in [0.2, 0.25) is 0 Å². The lowest BCUT2D eigenvalue weighted by Crippen LogP contribution is -2.51. The topological polar surface area (TPSA) is 55.6 Å². The van der Waals surface area contributed by atoms with Crippen LogP contribution in [0.4, 0.5) is 4.79 Å². The van der Waals surface area contributed by atoms with Crippen molar-refractivity contribution in [2.45, 2.75) is 77.0 Å². The lowest BCUT2D eigenvalue weighted by Gasteiger charge is -2.41. The third-order valence-electron chi connectivity index (χ3n) is 4.30. The van der Waals surface area contributed by atoms with Crippen molar-refractivity contribution >= 4 is 6.09 Å². The predicted octanol–water partition coefficient (Wildman–Crippen LogP) is 2.90. The SMILES string of the molecule is CC(C)(C)OC(=O)N1CCCCC1C1CCCC1N. The first kappa shape index (κ1) is 14.6. The van der Waals surface area contributed by atoms with E-state index < -0.39 is 5.60 Å². The highest BCUT2D eigenvalue weighted by molar-refractivity contribution is 5.68. The van der Waals surface area contributed by atoms with E-state index in [-0.39, 0.29) is 12.1 Å². The fourth-order valence-electron chi connectivity index (χ4n) is 3.44. The average Bonchev–Trinajstić information content (AvgIpc) is 2.73. The largest absolute Gasteiger partial charge is 0.444 e. The van der Waals surface area contributed by atoms with Gasteiger partial charge in [-0.25, -0.2) is 4.79 Å². The second kappa shape index (κ2) is 5.70. The van der Waals surface area contributed by atoms with Crippen LogP contribution in [0.2, 0.25) is 0 Å². The van der Waals surface area contributed by atoms with Gasteiger partial charge in [-0.05, 0) is 58.8 Å². The molecule has 2 fully saturated rings. The molecule has 3 unspecified atom stereocenters. The number of hydrogen-bond acceptors (Lipinski definition) is 3. The van der Waals surface area contributed by atoms with E-state index >= 15 is 0 Å². The molecular weight excluding hydrogens is 240 g/mol. The summed E-state index contributed by atoms with van der Waals surface area (Å²) in [4.78, 5) is 14.3. The van der Waals surface area contributed by atoms with Crippen molar-refractivity contribution in [3.05, 3.63) is 0 Å². The molecule has 4 nitrogen and oxygen atoms in total. The molecule has 0 radical (unpaired) electrons. The lowest BCUT2D eigenvalue weighted by molar-refractivity contribution is 0.000830. The molecule has 1 aliphatic carbocycles. The molecule has 1 heterocycles. The summed E-state index contributed by atoms with van der Waals surface area (Å²) >= 11 is 0. The number of carbonyl (C=O) groups is 1. The zero-order valence-electron chi connectivity index (χ0n) is 12.5. The summed E-state index contributed by atoms with van der Waals surface area (Å²) in [6.45, 7) is 6.59. The number of carbonyl (C=O) groups excluding carboxylic acids is 1. The average molecular weight is 268 g/mol. The third-order valence-corrected chi connectivity index (χ3v) is 4.30. The molecule has 1 saturated carbocycles. The molecule has 1 aliphatic heterocycles. The predicted molar refractivity (Wildman–Crippen MR) is 75.9 cm³/mol. The fourth-order valence-corrected chi connectivity index (χ4v) is 3.44. The zero-order chi connectivity index (χ0) is 14.0. The molecule has 0 aromatic heterocycles. The number of hydrogen-bond donors (Lipinski definition) is 1. The highest BCUT2D eigenvalue weighted by atomic mass is 16.6. The van der Waals surface area contributed by atoms with Crippen molar-refractivity contribution in [2.24, 2.45) is 11.7 Å². The van der Waals surface area contributed by atoms with Gasteiger partial charge in [0, 0.05) is 18.6 Å². The molecular formula is C15H28N2O2. The second-order valence-corrected chi connectivity index (χ2v) is 7.00. The summed E-state index contributed by atoms with van der Waals surface area (Å²) in [7, 11) is 0. The number of amides is 1. The molecule has 0 spiro atoms. The highest BCUT2D eigenvalue weighted by Gasteiger charge is 2.39. The van der Waals surface area contributed by atoms with Crippen molar-refractivity contribution in [1.82, 2.24) is 4.90 Å². The molecule has 0 aromatic carbocycles. The van der Waals surface area contributed by atoms with Crippen LogP contribution in [0.25, 0.3) is 0 Å².